The molecule has 0 aromatic rings. The lowest BCUT2D eigenvalue weighted by molar-refractivity contribution is 1.14. The summed E-state index contributed by atoms with van der Waals surface area (Å²) >= 11 is 0. The molecule has 0 spiro atoms. The lowest BCUT2D eigenvalue weighted by atomic mass is 10.4. The molecule has 0 saturated carbocycles. The Hall–Kier alpha value is -0.990. The molecular weight excluding hydrogens is 90.1 g/mol. The molecule has 1 heterocycles. The molecule has 1 rings (SSSR count). The topological polar surface area (TPSA) is 48.6 Å². The van der Waals surface area contributed by atoms with Crippen molar-refractivity contribution in [3.63, 3.8) is 0 Å². The Bertz CT molecular complexity index is 134. The van der Waals surface area contributed by atoms with Crippen molar-refractivity contribution in [1.29, 1.82) is 5.41 Å². The highest BCUT2D eigenvalue weighted by atomic mass is 15.1. The molecule has 36 valence electrons. The molecular formula is C4H5N3. The van der Waals surface area contributed by atoms with Crippen LogP contribution in [0, 0.1) is 5.41 Å². The van der Waals surface area contributed by atoms with Gasteiger partial charge in [0.05, 0.1) is 0 Å². The van der Waals surface area contributed by atoms with Crippen molar-refractivity contribution in [3.8, 4) is 0 Å². The zero-order chi connectivity index (χ0) is 5.11. The van der Waals surface area contributed by atoms with Crippen LogP contribution in [0.5, 0.6) is 0 Å². The molecule has 3 heteroatoms. The van der Waals surface area contributed by atoms with Crippen LogP contribution in [0.2, 0.25) is 0 Å². The van der Waals surface area contributed by atoms with Crippen LogP contribution in [-0.4, -0.2) is 5.84 Å². The fourth-order valence-corrected chi connectivity index (χ4v) is 0.355. The Morgan fingerprint density at radius 3 is 2.86 bits per heavy atom. The van der Waals surface area contributed by atoms with Crippen LogP contribution in [0.4, 0.5) is 0 Å². The minimum Gasteiger partial charge on any atom is -0.285 e. The maximum Gasteiger partial charge on any atom is 0.147 e. The smallest absolute Gasteiger partial charge is 0.147 e. The Balaban J connectivity index is 2.66. The van der Waals surface area contributed by atoms with Crippen molar-refractivity contribution >= 4 is 5.84 Å². The van der Waals surface area contributed by atoms with E-state index in [1.54, 1.807) is 12.3 Å². The third-order valence-electron chi connectivity index (χ3n) is 0.662. The van der Waals surface area contributed by atoms with Gasteiger partial charge in [-0.2, -0.15) is 5.11 Å². The molecule has 0 amide bonds. The van der Waals surface area contributed by atoms with Gasteiger partial charge in [0, 0.05) is 12.6 Å². The SMILES string of the molecule is N=C1CC=CN=N1. The van der Waals surface area contributed by atoms with Crippen LogP contribution in [0.1, 0.15) is 6.42 Å². The van der Waals surface area contributed by atoms with E-state index >= 15 is 0 Å². The molecule has 0 aromatic heterocycles. The third kappa shape index (κ3) is 0.924. The van der Waals surface area contributed by atoms with Gasteiger partial charge in [-0.25, -0.2) is 0 Å². The number of nitrogens with one attached hydrogen (secondary N) is 1. The van der Waals surface area contributed by atoms with Gasteiger partial charge in [0.15, 0.2) is 0 Å². The lowest BCUT2D eigenvalue weighted by Gasteiger charge is -1.90. The van der Waals surface area contributed by atoms with Crippen LogP contribution >= 0.6 is 0 Å². The summed E-state index contributed by atoms with van der Waals surface area (Å²) in [6, 6.07) is 0. The van der Waals surface area contributed by atoms with E-state index in [-0.39, 0.29) is 0 Å². The summed E-state index contributed by atoms with van der Waals surface area (Å²) in [6.45, 7) is 0. The molecule has 0 aromatic carbocycles. The minimum atomic E-state index is 0.336. The van der Waals surface area contributed by atoms with Crippen molar-refractivity contribution < 1.29 is 0 Å². The van der Waals surface area contributed by atoms with Gasteiger partial charge in [-0.3, -0.25) is 5.41 Å². The molecule has 0 fully saturated rings. The van der Waals surface area contributed by atoms with E-state index in [0.717, 1.165) is 0 Å². The van der Waals surface area contributed by atoms with Gasteiger partial charge < -0.3 is 0 Å². The maximum atomic E-state index is 6.88. The predicted octanol–water partition coefficient (Wildman–Crippen LogP) is 1.33. The molecule has 0 aliphatic carbocycles. The largest absolute Gasteiger partial charge is 0.285 e. The normalized spacial score (nSPS) is 18.0. The van der Waals surface area contributed by atoms with Crippen molar-refractivity contribution in [3.05, 3.63) is 12.3 Å². The predicted molar refractivity (Wildman–Crippen MR) is 26.3 cm³/mol. The summed E-state index contributed by atoms with van der Waals surface area (Å²) in [5, 5.41) is 13.8. The number of nitrogens with zero attached hydrogens (tertiary/aromatic N) is 2. The van der Waals surface area contributed by atoms with Crippen molar-refractivity contribution in [2.75, 3.05) is 0 Å². The fraction of sp³-hybridized carbons (Fsp3) is 0.250. The van der Waals surface area contributed by atoms with E-state index < -0.39 is 0 Å². The molecule has 0 atom stereocenters. The Kier molecular flexibility index (Phi) is 0.978. The molecule has 0 bridgehead atoms. The monoisotopic (exact) mass is 95.0 g/mol. The zero-order valence-electron chi connectivity index (χ0n) is 3.76. The Morgan fingerprint density at radius 2 is 2.57 bits per heavy atom. The van der Waals surface area contributed by atoms with E-state index in [0.29, 0.717) is 12.3 Å². The lowest BCUT2D eigenvalue weighted by Crippen LogP contribution is -1.88. The highest BCUT2D eigenvalue weighted by Crippen LogP contribution is 1.95. The number of hydrogen-bond acceptors (Lipinski definition) is 2. The summed E-state index contributed by atoms with van der Waals surface area (Å²) in [7, 11) is 0. The quantitative estimate of drug-likeness (QED) is 0.472. The van der Waals surface area contributed by atoms with Gasteiger partial charge in [-0.05, 0) is 0 Å². The molecule has 0 unspecified atom stereocenters. The number of rotatable bonds is 0. The average molecular weight is 95.1 g/mol. The summed E-state index contributed by atoms with van der Waals surface area (Å²) in [6.07, 6.45) is 4.02. The maximum absolute atomic E-state index is 6.88. The van der Waals surface area contributed by atoms with Gasteiger partial charge in [0.1, 0.15) is 5.84 Å². The van der Waals surface area contributed by atoms with Gasteiger partial charge in [-0.15, -0.1) is 5.11 Å². The van der Waals surface area contributed by atoms with Gasteiger partial charge in [0.2, 0.25) is 0 Å². The van der Waals surface area contributed by atoms with Crippen molar-refractivity contribution in [2.24, 2.45) is 10.2 Å². The second kappa shape index (κ2) is 1.64. The first-order valence-corrected chi connectivity index (χ1v) is 2.03. The van der Waals surface area contributed by atoms with Crippen LogP contribution in [0.25, 0.3) is 0 Å². The number of hydrogen-bond donors (Lipinski definition) is 1. The Labute approximate surface area is 41.3 Å². The van der Waals surface area contributed by atoms with E-state index in [9.17, 15) is 0 Å². The first kappa shape index (κ1) is 4.18. The van der Waals surface area contributed by atoms with Gasteiger partial charge in [0.25, 0.3) is 0 Å². The molecule has 1 aliphatic rings. The first-order valence-electron chi connectivity index (χ1n) is 2.03. The van der Waals surface area contributed by atoms with Gasteiger partial charge in [-0.1, -0.05) is 6.08 Å². The highest BCUT2D eigenvalue weighted by Gasteiger charge is 1.90. The first-order chi connectivity index (χ1) is 3.39. The van der Waals surface area contributed by atoms with Crippen molar-refractivity contribution in [2.45, 2.75) is 6.42 Å². The molecule has 7 heavy (non-hydrogen) atoms. The van der Waals surface area contributed by atoms with Crippen molar-refractivity contribution in [1.82, 2.24) is 0 Å². The summed E-state index contributed by atoms with van der Waals surface area (Å²) in [5.41, 5.74) is 0. The van der Waals surface area contributed by atoms with E-state index in [4.69, 9.17) is 5.41 Å². The second-order valence-electron chi connectivity index (χ2n) is 1.25. The van der Waals surface area contributed by atoms with Gasteiger partial charge >= 0.3 is 0 Å². The highest BCUT2D eigenvalue weighted by molar-refractivity contribution is 5.81. The van der Waals surface area contributed by atoms with E-state index in [1.807, 2.05) is 0 Å². The Morgan fingerprint density at radius 1 is 1.71 bits per heavy atom. The molecule has 1 N–H and O–H groups in total. The summed E-state index contributed by atoms with van der Waals surface area (Å²) in [4.78, 5) is 0. The van der Waals surface area contributed by atoms with E-state index in [1.165, 1.54) is 0 Å². The minimum absolute atomic E-state index is 0.336. The molecule has 0 radical (unpaired) electrons. The zero-order valence-corrected chi connectivity index (χ0v) is 3.76. The average Bonchev–Trinajstić information content (AvgIpc) is 1.69. The van der Waals surface area contributed by atoms with Crippen LogP contribution < -0.4 is 0 Å². The molecule has 1 aliphatic heterocycles. The fourth-order valence-electron chi connectivity index (χ4n) is 0.355. The molecule has 3 nitrogen and oxygen atoms in total. The summed E-state index contributed by atoms with van der Waals surface area (Å²) < 4.78 is 0. The summed E-state index contributed by atoms with van der Waals surface area (Å²) in [5.74, 6) is 0.336. The number of azo groups is 1. The van der Waals surface area contributed by atoms with Crippen LogP contribution in [0.15, 0.2) is 22.5 Å². The third-order valence-corrected chi connectivity index (χ3v) is 0.662. The molecule has 0 saturated heterocycles. The van der Waals surface area contributed by atoms with Crippen LogP contribution in [0.3, 0.4) is 0 Å². The van der Waals surface area contributed by atoms with E-state index in [2.05, 4.69) is 10.2 Å². The number of amidine groups is 1. The van der Waals surface area contributed by atoms with Crippen LogP contribution in [-0.2, 0) is 0 Å². The standard InChI is InChI=1S/C4H5N3/c5-4-2-1-3-6-7-4/h1,3,5H,2H2. The second-order valence-corrected chi connectivity index (χ2v) is 1.25.